The summed E-state index contributed by atoms with van der Waals surface area (Å²) in [5.74, 6) is -3.05. The Morgan fingerprint density at radius 2 is 1.59 bits per heavy atom. The minimum atomic E-state index is -5.75. The molecule has 2 nitrogen and oxygen atoms in total. The van der Waals surface area contributed by atoms with Gasteiger partial charge in [-0.1, -0.05) is 6.92 Å². The fraction of sp³-hybridized carbons (Fsp3) is 1.00. The summed E-state index contributed by atoms with van der Waals surface area (Å²) >= 11 is 0. The van der Waals surface area contributed by atoms with E-state index in [0.29, 0.717) is 12.8 Å². The van der Waals surface area contributed by atoms with E-state index in [2.05, 4.69) is 0 Å². The third kappa shape index (κ3) is 2.72. The van der Waals surface area contributed by atoms with Gasteiger partial charge in [0.2, 0.25) is 0 Å². The lowest BCUT2D eigenvalue weighted by molar-refractivity contribution is -0.390. The Morgan fingerprint density at radius 1 is 1.05 bits per heavy atom. The first kappa shape index (κ1) is 17.8. The van der Waals surface area contributed by atoms with Crippen molar-refractivity contribution in [1.29, 1.82) is 0 Å². The number of hydrogen-bond acceptors (Lipinski definition) is 2. The molecule has 0 aliphatic heterocycles. The molecule has 1 N–H and O–H groups in total. The molecule has 2 rings (SSSR count). The molecule has 5 unspecified atom stereocenters. The highest BCUT2D eigenvalue weighted by Crippen LogP contribution is 2.60. The van der Waals surface area contributed by atoms with Crippen molar-refractivity contribution in [2.75, 3.05) is 0 Å². The summed E-state index contributed by atoms with van der Waals surface area (Å²) in [4.78, 5) is 0. The van der Waals surface area contributed by atoms with Crippen molar-refractivity contribution >= 4 is 0 Å². The highest BCUT2D eigenvalue weighted by molar-refractivity contribution is 5.09. The average Bonchev–Trinajstić information content (AvgIpc) is 2.94. The van der Waals surface area contributed by atoms with Crippen LogP contribution in [0.15, 0.2) is 0 Å². The third-order valence-electron chi connectivity index (χ3n) is 5.14. The summed E-state index contributed by atoms with van der Waals surface area (Å²) in [6, 6.07) is 0. The van der Waals surface area contributed by atoms with Crippen LogP contribution >= 0.6 is 0 Å². The molecule has 2 aliphatic rings. The Kier molecular flexibility index (Phi) is 4.50. The first-order valence-corrected chi connectivity index (χ1v) is 7.43. The summed E-state index contributed by atoms with van der Waals surface area (Å²) < 4.78 is 83.7. The van der Waals surface area contributed by atoms with E-state index >= 15 is 0 Å². The summed E-state index contributed by atoms with van der Waals surface area (Å²) in [5, 5.41) is 9.61. The van der Waals surface area contributed by atoms with Crippen molar-refractivity contribution in [2.45, 2.75) is 69.7 Å². The molecule has 0 aromatic heterocycles. The number of alkyl halides is 6. The molecule has 0 saturated heterocycles. The van der Waals surface area contributed by atoms with E-state index in [4.69, 9.17) is 4.74 Å². The number of ether oxygens (including phenoxy) is 1. The van der Waals surface area contributed by atoms with Gasteiger partial charge in [-0.3, -0.25) is 0 Å². The topological polar surface area (TPSA) is 29.5 Å². The fourth-order valence-corrected chi connectivity index (χ4v) is 3.90. The standard InChI is InChI=1S/C14H20F6O2/c1-3-7(2)22-11-6-8-4-9(11)10(5-8)12(21,13(15,16)17)14(18,19)20/h7-11,21H,3-6H2,1-2H3. The summed E-state index contributed by atoms with van der Waals surface area (Å²) in [6.45, 7) is 3.57. The first-order chi connectivity index (χ1) is 9.91. The molecule has 0 aromatic rings. The summed E-state index contributed by atoms with van der Waals surface area (Å²) in [7, 11) is 0. The fourth-order valence-electron chi connectivity index (χ4n) is 3.90. The summed E-state index contributed by atoms with van der Waals surface area (Å²) in [6.07, 6.45) is -11.3. The number of aliphatic hydroxyl groups is 1. The molecule has 2 aliphatic carbocycles. The van der Waals surface area contributed by atoms with Crippen molar-refractivity contribution in [3.63, 3.8) is 0 Å². The molecular weight excluding hydrogens is 314 g/mol. The zero-order valence-corrected chi connectivity index (χ0v) is 12.3. The van der Waals surface area contributed by atoms with Gasteiger partial charge in [-0.15, -0.1) is 0 Å². The Morgan fingerprint density at radius 3 is 2.00 bits per heavy atom. The van der Waals surface area contributed by atoms with Gasteiger partial charge < -0.3 is 9.84 Å². The lowest BCUT2D eigenvalue weighted by atomic mass is 9.74. The summed E-state index contributed by atoms with van der Waals surface area (Å²) in [5.41, 5.74) is -4.66. The van der Waals surface area contributed by atoms with Gasteiger partial charge in [-0.05, 0) is 44.4 Å². The largest absolute Gasteiger partial charge is 0.426 e. The molecule has 2 fully saturated rings. The van der Waals surface area contributed by atoms with Crippen LogP contribution in [0.3, 0.4) is 0 Å². The molecule has 0 radical (unpaired) electrons. The molecule has 2 saturated carbocycles. The van der Waals surface area contributed by atoms with Crippen LogP contribution in [0.5, 0.6) is 0 Å². The maximum atomic E-state index is 13.0. The number of fused-ring (bicyclic) bond motifs is 2. The lowest BCUT2D eigenvalue weighted by Gasteiger charge is -2.43. The Hall–Kier alpha value is -0.500. The van der Waals surface area contributed by atoms with E-state index < -0.39 is 35.9 Å². The van der Waals surface area contributed by atoms with Crippen LogP contribution in [0.1, 0.15) is 39.5 Å². The van der Waals surface area contributed by atoms with Gasteiger partial charge in [0.05, 0.1) is 12.2 Å². The van der Waals surface area contributed by atoms with Gasteiger partial charge in [0, 0.05) is 5.92 Å². The van der Waals surface area contributed by atoms with E-state index in [0.717, 1.165) is 0 Å². The van der Waals surface area contributed by atoms with Crippen molar-refractivity contribution in [1.82, 2.24) is 0 Å². The highest BCUT2D eigenvalue weighted by atomic mass is 19.4. The van der Waals surface area contributed by atoms with E-state index in [1.54, 1.807) is 6.92 Å². The SMILES string of the molecule is CCC(C)OC1CC2CC1C(C(O)(C(F)(F)F)C(F)(F)F)C2. The molecule has 22 heavy (non-hydrogen) atoms. The average molecular weight is 334 g/mol. The van der Waals surface area contributed by atoms with Crippen LogP contribution in [0.25, 0.3) is 0 Å². The van der Waals surface area contributed by atoms with Gasteiger partial charge in [0.15, 0.2) is 0 Å². The first-order valence-electron chi connectivity index (χ1n) is 7.43. The zero-order valence-electron chi connectivity index (χ0n) is 12.3. The van der Waals surface area contributed by atoms with Gasteiger partial charge in [-0.25, -0.2) is 0 Å². The van der Waals surface area contributed by atoms with Crippen LogP contribution in [0.2, 0.25) is 0 Å². The van der Waals surface area contributed by atoms with Crippen molar-refractivity contribution in [3.05, 3.63) is 0 Å². The van der Waals surface area contributed by atoms with Crippen LogP contribution in [-0.4, -0.2) is 35.3 Å². The van der Waals surface area contributed by atoms with E-state index in [1.165, 1.54) is 0 Å². The van der Waals surface area contributed by atoms with Crippen LogP contribution in [0, 0.1) is 17.8 Å². The minimum Gasteiger partial charge on any atom is -0.375 e. The molecule has 8 heteroatoms. The molecule has 0 amide bonds. The quantitative estimate of drug-likeness (QED) is 0.785. The number of rotatable bonds is 4. The maximum Gasteiger partial charge on any atom is 0.426 e. The smallest absolute Gasteiger partial charge is 0.375 e. The van der Waals surface area contributed by atoms with Crippen molar-refractivity contribution < 1.29 is 36.2 Å². The van der Waals surface area contributed by atoms with Crippen LogP contribution in [-0.2, 0) is 4.74 Å². The molecule has 0 aromatic carbocycles. The van der Waals surface area contributed by atoms with Crippen molar-refractivity contribution in [3.8, 4) is 0 Å². The molecule has 5 atom stereocenters. The Bertz CT molecular complexity index is 391. The second kappa shape index (κ2) is 5.54. The van der Waals surface area contributed by atoms with Crippen LogP contribution < -0.4 is 0 Å². The van der Waals surface area contributed by atoms with E-state index in [9.17, 15) is 31.4 Å². The predicted molar refractivity (Wildman–Crippen MR) is 66.0 cm³/mol. The van der Waals surface area contributed by atoms with E-state index in [1.807, 2.05) is 6.92 Å². The van der Waals surface area contributed by atoms with Crippen molar-refractivity contribution in [2.24, 2.45) is 17.8 Å². The second-order valence-electron chi connectivity index (χ2n) is 6.50. The maximum absolute atomic E-state index is 13.0. The Labute approximate surface area is 124 Å². The predicted octanol–water partition coefficient (Wildman–Crippen LogP) is 4.07. The van der Waals surface area contributed by atoms with E-state index in [-0.39, 0.29) is 24.9 Å². The normalized spacial score (nSPS) is 34.2. The van der Waals surface area contributed by atoms with Gasteiger partial charge >= 0.3 is 12.4 Å². The molecule has 130 valence electrons. The van der Waals surface area contributed by atoms with Gasteiger partial charge in [0.25, 0.3) is 5.60 Å². The zero-order chi connectivity index (χ0) is 16.9. The Balaban J connectivity index is 2.28. The molecule has 2 bridgehead atoms. The molecule has 0 heterocycles. The monoisotopic (exact) mass is 334 g/mol. The van der Waals surface area contributed by atoms with Gasteiger partial charge in [0.1, 0.15) is 0 Å². The lowest BCUT2D eigenvalue weighted by Crippen LogP contribution is -2.63. The number of halogens is 6. The highest BCUT2D eigenvalue weighted by Gasteiger charge is 2.76. The molecular formula is C14H20F6O2. The van der Waals surface area contributed by atoms with Crippen LogP contribution in [0.4, 0.5) is 26.3 Å². The third-order valence-corrected chi connectivity index (χ3v) is 5.14. The van der Waals surface area contributed by atoms with Gasteiger partial charge in [-0.2, -0.15) is 26.3 Å². The number of hydrogen-bond donors (Lipinski definition) is 1. The molecule has 0 spiro atoms. The minimum absolute atomic E-state index is 0.227. The second-order valence-corrected chi connectivity index (χ2v) is 6.50.